The maximum Gasteiger partial charge on any atom is 0.319 e. The Morgan fingerprint density at radius 1 is 1.36 bits per heavy atom. The van der Waals surface area contributed by atoms with E-state index >= 15 is 0 Å². The molecule has 4 rings (SSSR count). The minimum absolute atomic E-state index is 0.203. The van der Waals surface area contributed by atoms with Crippen LogP contribution in [0.2, 0.25) is 0 Å². The van der Waals surface area contributed by atoms with Gasteiger partial charge in [0, 0.05) is 31.1 Å². The summed E-state index contributed by atoms with van der Waals surface area (Å²) in [6.07, 6.45) is 3.84. The fourth-order valence-electron chi connectivity index (χ4n) is 3.97. The number of hydrogen-bond donors (Lipinski definition) is 3. The minimum atomic E-state index is -0.203. The van der Waals surface area contributed by atoms with E-state index in [0.717, 1.165) is 60.9 Å². The predicted octanol–water partition coefficient (Wildman–Crippen LogP) is 2.70. The number of nitrogens with one attached hydrogen (secondary N) is 3. The number of fused-ring (bicyclic) bond motifs is 1. The maximum atomic E-state index is 11.9. The largest absolute Gasteiger partial charge is 0.486 e. The van der Waals surface area contributed by atoms with E-state index in [2.05, 4.69) is 31.8 Å². The molecule has 1 atom stereocenters. The molecule has 2 amide bonds. The zero-order valence-corrected chi connectivity index (χ0v) is 16.2. The maximum absolute atomic E-state index is 11.9. The zero-order valence-electron chi connectivity index (χ0n) is 16.2. The summed E-state index contributed by atoms with van der Waals surface area (Å²) in [5.74, 6) is 2.00. The van der Waals surface area contributed by atoms with Crippen LogP contribution < -0.4 is 20.1 Å². The fourth-order valence-corrected chi connectivity index (χ4v) is 3.97. The van der Waals surface area contributed by atoms with Gasteiger partial charge in [-0.2, -0.15) is 5.10 Å². The van der Waals surface area contributed by atoms with Crippen molar-refractivity contribution in [2.75, 3.05) is 38.2 Å². The molecule has 3 N–H and O–H groups in total. The second-order valence-corrected chi connectivity index (χ2v) is 7.20. The van der Waals surface area contributed by atoms with Gasteiger partial charge in [-0.05, 0) is 32.4 Å². The lowest BCUT2D eigenvalue weighted by Crippen LogP contribution is -2.35. The van der Waals surface area contributed by atoms with E-state index < -0.39 is 0 Å². The van der Waals surface area contributed by atoms with Gasteiger partial charge in [-0.25, -0.2) is 4.79 Å². The van der Waals surface area contributed by atoms with E-state index in [-0.39, 0.29) is 6.03 Å². The van der Waals surface area contributed by atoms with Gasteiger partial charge in [0.05, 0.1) is 17.6 Å². The second-order valence-electron chi connectivity index (χ2n) is 7.20. The van der Waals surface area contributed by atoms with Crippen molar-refractivity contribution in [2.45, 2.75) is 32.2 Å². The number of nitrogens with zero attached hydrogens (tertiary/aromatic N) is 2. The number of amides is 2. The molecular weight excluding hydrogens is 358 g/mol. The molecule has 0 aliphatic carbocycles. The van der Waals surface area contributed by atoms with Gasteiger partial charge in [0.15, 0.2) is 11.5 Å². The van der Waals surface area contributed by atoms with Crippen LogP contribution in [0.4, 0.5) is 10.5 Å². The quantitative estimate of drug-likeness (QED) is 0.736. The number of benzene rings is 1. The van der Waals surface area contributed by atoms with E-state index in [1.54, 1.807) is 6.20 Å². The van der Waals surface area contributed by atoms with Gasteiger partial charge in [-0.15, -0.1) is 0 Å². The molecule has 2 aliphatic rings. The van der Waals surface area contributed by atoms with Crippen LogP contribution in [0, 0.1) is 0 Å². The van der Waals surface area contributed by atoms with Crippen molar-refractivity contribution in [1.29, 1.82) is 0 Å². The third-order valence-corrected chi connectivity index (χ3v) is 5.21. The van der Waals surface area contributed by atoms with Gasteiger partial charge in [0.1, 0.15) is 13.2 Å². The highest BCUT2D eigenvalue weighted by Crippen LogP contribution is 2.36. The molecule has 0 bridgehead atoms. The van der Waals surface area contributed by atoms with Gasteiger partial charge in [0.25, 0.3) is 0 Å². The van der Waals surface area contributed by atoms with Crippen molar-refractivity contribution in [3.8, 4) is 11.5 Å². The van der Waals surface area contributed by atoms with Gasteiger partial charge in [-0.1, -0.05) is 12.1 Å². The third kappa shape index (κ3) is 4.06. The SMILES string of the molecule is CCNC(=O)Nc1cn[nH]c1[C@H]1CCCN(Cc2cccc3c2OCCO3)C1. The molecule has 0 spiro atoms. The normalized spacial score (nSPS) is 19.2. The molecule has 0 radical (unpaired) electrons. The molecule has 0 saturated carbocycles. The molecule has 2 aromatic rings. The highest BCUT2D eigenvalue weighted by molar-refractivity contribution is 5.89. The minimum Gasteiger partial charge on any atom is -0.486 e. The molecule has 28 heavy (non-hydrogen) atoms. The summed E-state index contributed by atoms with van der Waals surface area (Å²) in [6, 6.07) is 5.88. The van der Waals surface area contributed by atoms with Crippen LogP contribution in [-0.2, 0) is 6.54 Å². The lowest BCUT2D eigenvalue weighted by molar-refractivity contribution is 0.161. The number of aromatic amines is 1. The van der Waals surface area contributed by atoms with Gasteiger partial charge >= 0.3 is 6.03 Å². The molecule has 1 aromatic heterocycles. The molecule has 1 saturated heterocycles. The van der Waals surface area contributed by atoms with Gasteiger partial charge < -0.3 is 20.1 Å². The molecule has 2 aliphatic heterocycles. The van der Waals surface area contributed by atoms with Crippen molar-refractivity contribution in [3.63, 3.8) is 0 Å². The first-order valence-electron chi connectivity index (χ1n) is 9.92. The lowest BCUT2D eigenvalue weighted by atomic mass is 9.93. The Labute approximate surface area is 164 Å². The Kier molecular flexibility index (Phi) is 5.66. The van der Waals surface area contributed by atoms with Crippen molar-refractivity contribution in [1.82, 2.24) is 20.4 Å². The molecule has 1 fully saturated rings. The number of piperidine rings is 1. The lowest BCUT2D eigenvalue weighted by Gasteiger charge is -2.33. The average molecular weight is 385 g/mol. The van der Waals surface area contributed by atoms with E-state index in [9.17, 15) is 4.79 Å². The second kappa shape index (κ2) is 8.52. The topological polar surface area (TPSA) is 91.5 Å². The Balaban J connectivity index is 1.45. The van der Waals surface area contributed by atoms with Crippen molar-refractivity contribution in [3.05, 3.63) is 35.7 Å². The molecule has 8 nitrogen and oxygen atoms in total. The number of carbonyl (C=O) groups excluding carboxylic acids is 1. The van der Waals surface area contributed by atoms with Crippen LogP contribution >= 0.6 is 0 Å². The Bertz CT molecular complexity index is 822. The molecule has 1 aromatic carbocycles. The van der Waals surface area contributed by atoms with Crippen LogP contribution in [0.1, 0.15) is 36.9 Å². The fraction of sp³-hybridized carbons (Fsp3) is 0.500. The number of H-pyrrole nitrogens is 1. The van der Waals surface area contributed by atoms with Crippen molar-refractivity contribution >= 4 is 11.7 Å². The van der Waals surface area contributed by atoms with Gasteiger partial charge in [-0.3, -0.25) is 10.00 Å². The summed E-state index contributed by atoms with van der Waals surface area (Å²) < 4.78 is 11.6. The standard InChI is InChI=1S/C20H27N5O3/c1-2-21-20(26)23-16-11-22-24-18(16)14-6-4-8-25(12-14)13-15-5-3-7-17-19(15)28-10-9-27-17/h3,5,7,11,14H,2,4,6,8-10,12-13H2,1H3,(H,22,24)(H2,21,23,26)/t14-/m0/s1. The summed E-state index contributed by atoms with van der Waals surface area (Å²) in [6.45, 7) is 6.43. The monoisotopic (exact) mass is 385 g/mol. The number of rotatable bonds is 5. The number of anilines is 1. The summed E-state index contributed by atoms with van der Waals surface area (Å²) in [5.41, 5.74) is 2.90. The van der Waals surface area contributed by atoms with E-state index in [1.807, 2.05) is 19.1 Å². The number of hydrogen-bond acceptors (Lipinski definition) is 5. The summed E-state index contributed by atoms with van der Waals surface area (Å²) in [5, 5.41) is 12.9. The Morgan fingerprint density at radius 2 is 2.25 bits per heavy atom. The smallest absolute Gasteiger partial charge is 0.319 e. The van der Waals surface area contributed by atoms with Crippen molar-refractivity contribution < 1.29 is 14.3 Å². The molecule has 0 unspecified atom stereocenters. The number of likely N-dealkylation sites (tertiary alicyclic amines) is 1. The number of urea groups is 1. The first-order chi connectivity index (χ1) is 13.7. The summed E-state index contributed by atoms with van der Waals surface area (Å²) >= 11 is 0. The molecule has 3 heterocycles. The van der Waals surface area contributed by atoms with Crippen LogP contribution in [0.3, 0.4) is 0 Å². The first kappa shape index (κ1) is 18.6. The Hall–Kier alpha value is -2.74. The number of carbonyl (C=O) groups is 1. The van der Waals surface area contributed by atoms with E-state index in [0.29, 0.717) is 25.7 Å². The highest BCUT2D eigenvalue weighted by Gasteiger charge is 2.26. The van der Waals surface area contributed by atoms with E-state index in [1.165, 1.54) is 0 Å². The first-order valence-corrected chi connectivity index (χ1v) is 9.92. The highest BCUT2D eigenvalue weighted by atomic mass is 16.6. The van der Waals surface area contributed by atoms with E-state index in [4.69, 9.17) is 9.47 Å². The van der Waals surface area contributed by atoms with Crippen LogP contribution in [0.25, 0.3) is 0 Å². The predicted molar refractivity (Wildman–Crippen MR) is 106 cm³/mol. The van der Waals surface area contributed by atoms with Crippen molar-refractivity contribution in [2.24, 2.45) is 0 Å². The van der Waals surface area contributed by atoms with Crippen LogP contribution in [0.5, 0.6) is 11.5 Å². The summed E-state index contributed by atoms with van der Waals surface area (Å²) in [4.78, 5) is 14.3. The van der Waals surface area contributed by atoms with Crippen LogP contribution in [-0.4, -0.2) is 54.0 Å². The van der Waals surface area contributed by atoms with Gasteiger partial charge in [0.2, 0.25) is 0 Å². The number of ether oxygens (including phenoxy) is 2. The zero-order chi connectivity index (χ0) is 19.3. The number of aromatic nitrogens is 2. The molecule has 150 valence electrons. The third-order valence-electron chi connectivity index (χ3n) is 5.21. The molecule has 8 heteroatoms. The molecular formula is C20H27N5O3. The summed E-state index contributed by atoms with van der Waals surface area (Å²) in [7, 11) is 0. The number of para-hydroxylation sites is 1. The van der Waals surface area contributed by atoms with Crippen LogP contribution in [0.15, 0.2) is 24.4 Å². The Morgan fingerprint density at radius 3 is 3.14 bits per heavy atom. The average Bonchev–Trinajstić information content (AvgIpc) is 3.17.